The number of aryl methyl sites for hydroxylation is 1. The van der Waals surface area contributed by atoms with Gasteiger partial charge in [-0.05, 0) is 42.8 Å². The maximum absolute atomic E-state index is 12.9. The maximum atomic E-state index is 12.9. The van der Waals surface area contributed by atoms with E-state index in [2.05, 4.69) is 0 Å². The van der Waals surface area contributed by atoms with E-state index in [4.69, 9.17) is 15.2 Å². The largest absolute Gasteiger partial charge is 0.490 e. The Morgan fingerprint density at radius 1 is 0.900 bits per heavy atom. The van der Waals surface area contributed by atoms with Gasteiger partial charge in [-0.1, -0.05) is 0 Å². The van der Waals surface area contributed by atoms with Crippen LogP contribution in [0.5, 0.6) is 11.5 Å². The average molecular weight is 279 g/mol. The number of benzene rings is 2. The number of nitrogens with two attached hydrogens (primary N) is 1. The highest BCUT2D eigenvalue weighted by atomic mass is 19.2. The van der Waals surface area contributed by atoms with E-state index in [-0.39, 0.29) is 12.4 Å². The number of anilines is 1. The van der Waals surface area contributed by atoms with E-state index in [9.17, 15) is 8.78 Å². The quantitative estimate of drug-likeness (QED) is 0.674. The highest BCUT2D eigenvalue weighted by Crippen LogP contribution is 2.19. The Morgan fingerprint density at radius 3 is 2.10 bits per heavy atom. The molecule has 0 heterocycles. The molecule has 2 N–H and O–H groups in total. The number of hydrogen-bond acceptors (Lipinski definition) is 3. The Morgan fingerprint density at radius 2 is 1.50 bits per heavy atom. The zero-order chi connectivity index (χ0) is 14.5. The van der Waals surface area contributed by atoms with Crippen molar-refractivity contribution in [2.45, 2.75) is 6.92 Å². The van der Waals surface area contributed by atoms with E-state index >= 15 is 0 Å². The molecule has 2 aromatic rings. The van der Waals surface area contributed by atoms with Crippen LogP contribution >= 0.6 is 0 Å². The van der Waals surface area contributed by atoms with Gasteiger partial charge in [0.1, 0.15) is 24.7 Å². The summed E-state index contributed by atoms with van der Waals surface area (Å²) in [5.74, 6) is -0.880. The van der Waals surface area contributed by atoms with Crippen molar-refractivity contribution in [1.82, 2.24) is 0 Å². The second kappa shape index (κ2) is 6.23. The predicted octanol–water partition coefficient (Wildman–Crippen LogP) is 3.31. The normalized spacial score (nSPS) is 10.3. The van der Waals surface area contributed by atoms with E-state index in [1.165, 1.54) is 6.07 Å². The highest BCUT2D eigenvalue weighted by molar-refractivity contribution is 5.49. The van der Waals surface area contributed by atoms with Crippen LogP contribution in [0.15, 0.2) is 36.4 Å². The molecule has 106 valence electrons. The first kappa shape index (κ1) is 14.1. The Kier molecular flexibility index (Phi) is 4.40. The van der Waals surface area contributed by atoms with E-state index in [0.717, 1.165) is 17.7 Å². The second-order valence-electron chi connectivity index (χ2n) is 4.29. The fraction of sp³-hybridized carbons (Fsp3) is 0.200. The molecule has 0 atom stereocenters. The molecule has 20 heavy (non-hydrogen) atoms. The van der Waals surface area contributed by atoms with Crippen LogP contribution in [-0.4, -0.2) is 13.2 Å². The molecule has 0 radical (unpaired) electrons. The molecule has 3 nitrogen and oxygen atoms in total. The maximum Gasteiger partial charge on any atom is 0.162 e. The van der Waals surface area contributed by atoms with Gasteiger partial charge in [0.2, 0.25) is 0 Å². The van der Waals surface area contributed by atoms with Crippen molar-refractivity contribution in [3.63, 3.8) is 0 Å². The minimum atomic E-state index is -0.933. The van der Waals surface area contributed by atoms with Crippen molar-refractivity contribution < 1.29 is 18.3 Å². The third-order valence-corrected chi connectivity index (χ3v) is 2.75. The van der Waals surface area contributed by atoms with Gasteiger partial charge in [-0.25, -0.2) is 8.78 Å². The van der Waals surface area contributed by atoms with Gasteiger partial charge < -0.3 is 15.2 Å². The van der Waals surface area contributed by atoms with Crippen molar-refractivity contribution in [2.24, 2.45) is 0 Å². The second-order valence-corrected chi connectivity index (χ2v) is 4.29. The van der Waals surface area contributed by atoms with E-state index < -0.39 is 11.6 Å². The van der Waals surface area contributed by atoms with Crippen molar-refractivity contribution in [3.8, 4) is 11.5 Å². The molecule has 0 bridgehead atoms. The van der Waals surface area contributed by atoms with Crippen molar-refractivity contribution in [2.75, 3.05) is 18.9 Å². The summed E-state index contributed by atoms with van der Waals surface area (Å²) in [5.41, 5.74) is 7.34. The summed E-state index contributed by atoms with van der Waals surface area (Å²) in [6, 6.07) is 8.75. The molecule has 0 aliphatic rings. The molecule has 0 amide bonds. The number of hydrogen-bond donors (Lipinski definition) is 1. The number of nitrogen functional groups attached to an aromatic ring is 1. The number of rotatable bonds is 5. The van der Waals surface area contributed by atoms with E-state index in [0.29, 0.717) is 18.0 Å². The van der Waals surface area contributed by atoms with E-state index in [1.54, 1.807) is 12.1 Å². The first-order valence-electron chi connectivity index (χ1n) is 6.13. The van der Waals surface area contributed by atoms with Gasteiger partial charge in [-0.15, -0.1) is 0 Å². The molecule has 2 aromatic carbocycles. The third kappa shape index (κ3) is 3.60. The van der Waals surface area contributed by atoms with Gasteiger partial charge in [0.05, 0.1) is 0 Å². The smallest absolute Gasteiger partial charge is 0.162 e. The molecule has 0 aliphatic heterocycles. The monoisotopic (exact) mass is 279 g/mol. The SMILES string of the molecule is Cc1cc(OCCOc2ccc(F)c(F)c2)ccc1N. The zero-order valence-electron chi connectivity index (χ0n) is 11.0. The third-order valence-electron chi connectivity index (χ3n) is 2.75. The highest BCUT2D eigenvalue weighted by Gasteiger charge is 2.03. The molecule has 0 spiro atoms. The van der Waals surface area contributed by atoms with Gasteiger partial charge in [0.15, 0.2) is 11.6 Å². The lowest BCUT2D eigenvalue weighted by Crippen LogP contribution is -2.09. The Balaban J connectivity index is 1.81. The van der Waals surface area contributed by atoms with Crippen molar-refractivity contribution in [3.05, 3.63) is 53.6 Å². The minimum Gasteiger partial charge on any atom is -0.490 e. The van der Waals surface area contributed by atoms with Crippen LogP contribution in [0.2, 0.25) is 0 Å². The predicted molar refractivity (Wildman–Crippen MR) is 72.9 cm³/mol. The summed E-state index contributed by atoms with van der Waals surface area (Å²) >= 11 is 0. The lowest BCUT2D eigenvalue weighted by Gasteiger charge is -2.09. The van der Waals surface area contributed by atoms with Gasteiger partial charge in [-0.2, -0.15) is 0 Å². The molecule has 0 saturated heterocycles. The van der Waals surface area contributed by atoms with Crippen LogP contribution in [0.1, 0.15) is 5.56 Å². The topological polar surface area (TPSA) is 44.5 Å². The molecule has 0 saturated carbocycles. The summed E-state index contributed by atoms with van der Waals surface area (Å²) in [6.45, 7) is 2.41. The molecule has 0 aromatic heterocycles. The van der Waals surface area contributed by atoms with Crippen LogP contribution in [0.3, 0.4) is 0 Å². The zero-order valence-corrected chi connectivity index (χ0v) is 11.0. The summed E-state index contributed by atoms with van der Waals surface area (Å²) < 4.78 is 36.4. The Labute approximate surface area is 115 Å². The fourth-order valence-electron chi connectivity index (χ4n) is 1.62. The molecular weight excluding hydrogens is 264 g/mol. The Hall–Kier alpha value is -2.30. The van der Waals surface area contributed by atoms with Crippen LogP contribution in [0.4, 0.5) is 14.5 Å². The van der Waals surface area contributed by atoms with Crippen LogP contribution < -0.4 is 15.2 Å². The van der Waals surface area contributed by atoms with Gasteiger partial charge >= 0.3 is 0 Å². The number of halogens is 2. The molecular formula is C15H15F2NO2. The molecule has 0 aliphatic carbocycles. The number of ether oxygens (including phenoxy) is 2. The fourth-order valence-corrected chi connectivity index (χ4v) is 1.62. The van der Waals surface area contributed by atoms with Crippen LogP contribution in [0.25, 0.3) is 0 Å². The summed E-state index contributed by atoms with van der Waals surface area (Å²) in [6.07, 6.45) is 0. The molecule has 0 unspecified atom stereocenters. The summed E-state index contributed by atoms with van der Waals surface area (Å²) in [7, 11) is 0. The Bertz CT molecular complexity index is 549. The summed E-state index contributed by atoms with van der Waals surface area (Å²) in [4.78, 5) is 0. The standard InChI is InChI=1S/C15H15F2NO2/c1-10-8-11(3-5-15(10)18)19-6-7-20-12-2-4-13(16)14(17)9-12/h2-5,8-9H,6-7,18H2,1H3. The van der Waals surface area contributed by atoms with Gasteiger partial charge in [0, 0.05) is 11.8 Å². The first-order valence-corrected chi connectivity index (χ1v) is 6.13. The van der Waals surface area contributed by atoms with Crippen LogP contribution in [0, 0.1) is 18.6 Å². The molecule has 0 fully saturated rings. The summed E-state index contributed by atoms with van der Waals surface area (Å²) in [5, 5.41) is 0. The van der Waals surface area contributed by atoms with E-state index in [1.807, 2.05) is 13.0 Å². The average Bonchev–Trinajstić information content (AvgIpc) is 2.42. The molecule has 5 heteroatoms. The van der Waals surface area contributed by atoms with Gasteiger partial charge in [0.25, 0.3) is 0 Å². The van der Waals surface area contributed by atoms with Crippen molar-refractivity contribution >= 4 is 5.69 Å². The lowest BCUT2D eigenvalue weighted by molar-refractivity contribution is 0.216. The minimum absolute atomic E-state index is 0.231. The van der Waals surface area contributed by atoms with Gasteiger partial charge in [-0.3, -0.25) is 0 Å². The van der Waals surface area contributed by atoms with Crippen LogP contribution in [-0.2, 0) is 0 Å². The molecule has 2 rings (SSSR count). The van der Waals surface area contributed by atoms with Crippen molar-refractivity contribution in [1.29, 1.82) is 0 Å². The first-order chi connectivity index (χ1) is 9.56. The lowest BCUT2D eigenvalue weighted by atomic mass is 10.2.